The molecule has 0 unspecified atom stereocenters. The van der Waals surface area contributed by atoms with Crippen molar-refractivity contribution in [2.75, 3.05) is 0 Å². The number of fused-ring (bicyclic) bond motifs is 1. The van der Waals surface area contributed by atoms with Crippen LogP contribution in [0, 0.1) is 0 Å². The van der Waals surface area contributed by atoms with Gasteiger partial charge >= 0.3 is 0 Å². The largest absolute Gasteiger partial charge is 0.316 e. The van der Waals surface area contributed by atoms with Gasteiger partial charge in [-0.2, -0.15) is 0 Å². The summed E-state index contributed by atoms with van der Waals surface area (Å²) < 4.78 is 2.27. The highest BCUT2D eigenvalue weighted by atomic mass is 15.0. The van der Waals surface area contributed by atoms with Crippen LogP contribution >= 0.6 is 0 Å². The van der Waals surface area contributed by atoms with Crippen molar-refractivity contribution in [2.24, 2.45) is 0 Å². The predicted octanol–water partition coefficient (Wildman–Crippen LogP) is 10.2. The number of para-hydroxylation sites is 1. The number of nitrogens with zero attached hydrogens (tertiary/aromatic N) is 4. The third kappa shape index (κ3) is 5.19. The summed E-state index contributed by atoms with van der Waals surface area (Å²) in [6.07, 6.45) is 2.24. The average molecular weight is 577 g/mol. The van der Waals surface area contributed by atoms with Crippen molar-refractivity contribution in [3.63, 3.8) is 0 Å². The van der Waals surface area contributed by atoms with Crippen LogP contribution in [0.15, 0.2) is 170 Å². The monoisotopic (exact) mass is 576 g/mol. The Balaban J connectivity index is 1.30. The van der Waals surface area contributed by atoms with Crippen molar-refractivity contribution in [1.29, 1.82) is 0 Å². The fourth-order valence-electron chi connectivity index (χ4n) is 5.84. The van der Waals surface area contributed by atoms with Gasteiger partial charge in [0.1, 0.15) is 0 Å². The van der Waals surface area contributed by atoms with E-state index in [1.165, 1.54) is 16.5 Å². The molecule has 0 saturated carbocycles. The minimum absolute atomic E-state index is 0.640. The van der Waals surface area contributed by atoms with Crippen molar-refractivity contribution < 1.29 is 0 Å². The summed E-state index contributed by atoms with van der Waals surface area (Å²) >= 11 is 0. The highest BCUT2D eigenvalue weighted by Gasteiger charge is 2.16. The van der Waals surface area contributed by atoms with Gasteiger partial charge in [0, 0.05) is 39.5 Å². The molecular weight excluding hydrogens is 548 g/mol. The maximum atomic E-state index is 4.98. The van der Waals surface area contributed by atoms with E-state index < -0.39 is 0 Å². The number of benzene rings is 6. The molecule has 0 amide bonds. The Morgan fingerprint density at radius 1 is 0.356 bits per heavy atom. The van der Waals surface area contributed by atoms with Gasteiger partial charge in [-0.1, -0.05) is 133 Å². The van der Waals surface area contributed by atoms with E-state index in [1.807, 2.05) is 60.7 Å². The van der Waals surface area contributed by atoms with Crippen molar-refractivity contribution in [3.05, 3.63) is 170 Å². The molecule has 0 aliphatic heterocycles. The molecule has 4 heteroatoms. The van der Waals surface area contributed by atoms with E-state index in [4.69, 9.17) is 15.0 Å². The van der Waals surface area contributed by atoms with Crippen LogP contribution in [0.2, 0.25) is 0 Å². The molecule has 0 N–H and O–H groups in total. The zero-order chi connectivity index (χ0) is 30.0. The molecule has 8 aromatic rings. The van der Waals surface area contributed by atoms with Crippen LogP contribution in [-0.4, -0.2) is 19.5 Å². The van der Waals surface area contributed by atoms with Crippen LogP contribution in [0.25, 0.3) is 73.0 Å². The molecule has 6 aromatic carbocycles. The van der Waals surface area contributed by atoms with E-state index in [9.17, 15) is 0 Å². The lowest BCUT2D eigenvalue weighted by molar-refractivity contribution is 1.07. The van der Waals surface area contributed by atoms with E-state index in [-0.39, 0.29) is 0 Å². The van der Waals surface area contributed by atoms with Gasteiger partial charge < -0.3 is 4.57 Å². The zero-order valence-corrected chi connectivity index (χ0v) is 24.5. The average Bonchev–Trinajstić information content (AvgIpc) is 3.52. The lowest BCUT2D eigenvalue weighted by Gasteiger charge is -2.09. The predicted molar refractivity (Wildman–Crippen MR) is 184 cm³/mol. The summed E-state index contributed by atoms with van der Waals surface area (Å²) in [5, 5.41) is 1.18. The molecule has 8 rings (SSSR count). The third-order valence-electron chi connectivity index (χ3n) is 8.08. The Morgan fingerprint density at radius 2 is 0.844 bits per heavy atom. The van der Waals surface area contributed by atoms with Crippen molar-refractivity contribution in [1.82, 2.24) is 19.5 Å². The topological polar surface area (TPSA) is 43.6 Å². The first kappa shape index (κ1) is 26.5. The molecule has 0 bridgehead atoms. The summed E-state index contributed by atoms with van der Waals surface area (Å²) in [6, 6.07) is 56.5. The zero-order valence-electron chi connectivity index (χ0n) is 24.5. The Bertz CT molecular complexity index is 2180. The van der Waals surface area contributed by atoms with Gasteiger partial charge in [0.25, 0.3) is 0 Å². The van der Waals surface area contributed by atoms with Gasteiger partial charge in [-0.05, 0) is 47.0 Å². The summed E-state index contributed by atoms with van der Waals surface area (Å²) in [5.74, 6) is 1.94. The molecule has 45 heavy (non-hydrogen) atoms. The standard InChI is InChI=1S/C41H28N4/c1-5-14-29(15-6-1)32-24-25-38-36(27-32)37(28-45(38)35-22-11-4-12-23-35)33-20-13-21-34(26-33)41-43-39(30-16-7-2-8-17-30)42-40(44-41)31-18-9-3-10-19-31/h1-28H. The van der Waals surface area contributed by atoms with Crippen LogP contribution in [0.5, 0.6) is 0 Å². The van der Waals surface area contributed by atoms with Crippen LogP contribution < -0.4 is 0 Å². The van der Waals surface area contributed by atoms with E-state index in [1.54, 1.807) is 0 Å². The SMILES string of the molecule is c1ccc(-c2ccc3c(c2)c(-c2cccc(-c4nc(-c5ccccc5)nc(-c5ccccc5)n4)c2)cn3-c2ccccc2)cc1. The molecule has 2 heterocycles. The molecule has 2 aromatic heterocycles. The molecular formula is C41H28N4. The summed E-state index contributed by atoms with van der Waals surface area (Å²) in [4.78, 5) is 14.8. The van der Waals surface area contributed by atoms with Crippen molar-refractivity contribution in [3.8, 4) is 62.1 Å². The van der Waals surface area contributed by atoms with Gasteiger partial charge in [0.15, 0.2) is 17.5 Å². The molecule has 0 fully saturated rings. The quantitative estimate of drug-likeness (QED) is 0.198. The second-order valence-corrected chi connectivity index (χ2v) is 11.0. The first-order chi connectivity index (χ1) is 22.3. The number of hydrogen-bond donors (Lipinski definition) is 0. The highest BCUT2D eigenvalue weighted by molar-refractivity contribution is 6.00. The minimum Gasteiger partial charge on any atom is -0.316 e. The molecule has 0 aliphatic carbocycles. The smallest absolute Gasteiger partial charge is 0.164 e. The van der Waals surface area contributed by atoms with Gasteiger partial charge in [0.2, 0.25) is 0 Å². The molecule has 4 nitrogen and oxygen atoms in total. The molecule has 212 valence electrons. The van der Waals surface area contributed by atoms with Crippen LogP contribution in [-0.2, 0) is 0 Å². The van der Waals surface area contributed by atoms with Crippen LogP contribution in [0.3, 0.4) is 0 Å². The highest BCUT2D eigenvalue weighted by Crippen LogP contribution is 2.37. The second-order valence-electron chi connectivity index (χ2n) is 11.0. The van der Waals surface area contributed by atoms with Crippen molar-refractivity contribution in [2.45, 2.75) is 0 Å². The van der Waals surface area contributed by atoms with Crippen molar-refractivity contribution >= 4 is 10.9 Å². The number of rotatable bonds is 6. The lowest BCUT2D eigenvalue weighted by atomic mass is 9.98. The van der Waals surface area contributed by atoms with E-state index in [0.717, 1.165) is 39.0 Å². The molecule has 0 saturated heterocycles. The summed E-state index contributed by atoms with van der Waals surface area (Å²) in [5.41, 5.74) is 9.73. The van der Waals surface area contributed by atoms with Crippen LogP contribution in [0.4, 0.5) is 0 Å². The fourth-order valence-corrected chi connectivity index (χ4v) is 5.84. The molecule has 0 aliphatic rings. The normalized spacial score (nSPS) is 11.1. The maximum Gasteiger partial charge on any atom is 0.164 e. The first-order valence-corrected chi connectivity index (χ1v) is 15.0. The lowest BCUT2D eigenvalue weighted by Crippen LogP contribution is -2.00. The number of aromatic nitrogens is 4. The Hall–Kier alpha value is -6.13. The second kappa shape index (κ2) is 11.5. The van der Waals surface area contributed by atoms with Gasteiger partial charge in [-0.3, -0.25) is 0 Å². The van der Waals surface area contributed by atoms with Crippen LogP contribution in [0.1, 0.15) is 0 Å². The van der Waals surface area contributed by atoms with E-state index in [0.29, 0.717) is 17.5 Å². The van der Waals surface area contributed by atoms with E-state index in [2.05, 4.69) is 114 Å². The molecule has 0 spiro atoms. The van der Waals surface area contributed by atoms with E-state index >= 15 is 0 Å². The minimum atomic E-state index is 0.640. The Morgan fingerprint density at radius 3 is 1.44 bits per heavy atom. The van der Waals surface area contributed by atoms with Gasteiger partial charge in [-0.15, -0.1) is 0 Å². The molecule has 0 atom stereocenters. The third-order valence-corrected chi connectivity index (χ3v) is 8.08. The first-order valence-electron chi connectivity index (χ1n) is 15.0. The van der Waals surface area contributed by atoms with Gasteiger partial charge in [-0.25, -0.2) is 15.0 Å². The Labute approximate surface area is 262 Å². The number of hydrogen-bond acceptors (Lipinski definition) is 3. The Kier molecular flexibility index (Phi) is 6.78. The molecule has 0 radical (unpaired) electrons. The maximum absolute atomic E-state index is 4.98. The summed E-state index contributed by atoms with van der Waals surface area (Å²) in [7, 11) is 0. The fraction of sp³-hybridized carbons (Fsp3) is 0. The van der Waals surface area contributed by atoms with Gasteiger partial charge in [0.05, 0.1) is 5.52 Å². The summed E-state index contributed by atoms with van der Waals surface area (Å²) in [6.45, 7) is 0.